The quantitative estimate of drug-likeness (QED) is 0.637. The van der Waals surface area contributed by atoms with Crippen LogP contribution in [0.25, 0.3) is 0 Å². The summed E-state index contributed by atoms with van der Waals surface area (Å²) in [6.45, 7) is 5.68. The van der Waals surface area contributed by atoms with Crippen molar-refractivity contribution >= 4 is 10.0 Å². The first-order valence-corrected chi connectivity index (χ1v) is 13.1. The number of hydrogen-bond donors (Lipinski definition) is 1. The van der Waals surface area contributed by atoms with Crippen LogP contribution in [0.15, 0.2) is 42.5 Å². The smallest absolute Gasteiger partial charge is 0.213 e. The number of aromatic nitrogens is 1. The van der Waals surface area contributed by atoms with Crippen LogP contribution >= 0.6 is 0 Å². The maximum absolute atomic E-state index is 11.4. The van der Waals surface area contributed by atoms with Gasteiger partial charge in [-0.25, -0.2) is 18.1 Å². The highest BCUT2D eigenvalue weighted by atomic mass is 32.2. The Hall–Kier alpha value is -1.96. The van der Waals surface area contributed by atoms with Crippen LogP contribution in [0, 0.1) is 5.92 Å². The number of pyridine rings is 1. The summed E-state index contributed by atoms with van der Waals surface area (Å²) in [5, 5.41) is 0. The maximum Gasteiger partial charge on any atom is 0.213 e. The lowest BCUT2D eigenvalue weighted by atomic mass is 9.92. The Morgan fingerprint density at radius 2 is 1.81 bits per heavy atom. The van der Waals surface area contributed by atoms with Crippen molar-refractivity contribution in [1.29, 1.82) is 0 Å². The molecule has 1 saturated carbocycles. The van der Waals surface area contributed by atoms with E-state index < -0.39 is 10.0 Å². The molecule has 1 atom stereocenters. The summed E-state index contributed by atoms with van der Waals surface area (Å²) in [4.78, 5) is 7.25. The lowest BCUT2D eigenvalue weighted by molar-refractivity contribution is 0.202. The number of sulfonamides is 1. The summed E-state index contributed by atoms with van der Waals surface area (Å²) in [6, 6.07) is 14.2. The van der Waals surface area contributed by atoms with Crippen molar-refractivity contribution in [3.05, 3.63) is 59.3 Å². The molecule has 0 bridgehead atoms. The topological polar surface area (TPSA) is 71.5 Å². The fourth-order valence-corrected chi connectivity index (χ4v) is 4.95. The van der Waals surface area contributed by atoms with E-state index in [0.29, 0.717) is 5.92 Å². The second-order valence-electron chi connectivity index (χ2n) is 9.06. The number of piperidine rings is 1. The summed E-state index contributed by atoms with van der Waals surface area (Å²) in [5.74, 6) is 2.00. The second-order valence-corrected chi connectivity index (χ2v) is 10.8. The maximum atomic E-state index is 11.4. The Morgan fingerprint density at radius 1 is 1.10 bits per heavy atom. The Balaban J connectivity index is 1.27. The van der Waals surface area contributed by atoms with Gasteiger partial charge in [-0.15, -0.1) is 0 Å². The fourth-order valence-electron chi connectivity index (χ4n) is 4.17. The summed E-state index contributed by atoms with van der Waals surface area (Å²) in [7, 11) is -3.21. The molecule has 1 aliphatic carbocycles. The number of benzene rings is 1. The van der Waals surface area contributed by atoms with Gasteiger partial charge in [0.25, 0.3) is 0 Å². The van der Waals surface area contributed by atoms with E-state index in [1.54, 1.807) is 0 Å². The van der Waals surface area contributed by atoms with Crippen molar-refractivity contribution in [2.45, 2.75) is 51.1 Å². The molecule has 1 N–H and O–H groups in total. The molecule has 0 radical (unpaired) electrons. The van der Waals surface area contributed by atoms with Crippen LogP contribution in [0.1, 0.15) is 61.4 Å². The molecule has 1 aromatic heterocycles. The van der Waals surface area contributed by atoms with Crippen LogP contribution in [0.3, 0.4) is 0 Å². The predicted molar refractivity (Wildman–Crippen MR) is 123 cm³/mol. The van der Waals surface area contributed by atoms with Gasteiger partial charge in [0, 0.05) is 30.3 Å². The summed E-state index contributed by atoms with van der Waals surface area (Å²) < 4.78 is 31.3. The molecule has 1 aliphatic heterocycles. The summed E-state index contributed by atoms with van der Waals surface area (Å²) in [5.41, 5.74) is 3.38. The number of rotatable bonds is 9. The van der Waals surface area contributed by atoms with Gasteiger partial charge >= 0.3 is 0 Å². The molecule has 2 heterocycles. The number of nitrogens with one attached hydrogen (secondary N) is 1. The molecule has 1 saturated heterocycles. The molecule has 7 heteroatoms. The van der Waals surface area contributed by atoms with Crippen LogP contribution in [-0.4, -0.2) is 44.3 Å². The molecule has 31 heavy (non-hydrogen) atoms. The van der Waals surface area contributed by atoms with E-state index in [4.69, 9.17) is 9.72 Å². The SMILES string of the molecule is C[C@@H](NS(C)(=O)=O)c1ccc(CN2CCC(c3cccc(OCC4CC4)n3)CC2)cc1. The Labute approximate surface area is 186 Å². The molecule has 0 spiro atoms. The van der Waals surface area contributed by atoms with Crippen LogP contribution in [-0.2, 0) is 16.6 Å². The van der Waals surface area contributed by atoms with Crippen molar-refractivity contribution in [1.82, 2.24) is 14.6 Å². The van der Waals surface area contributed by atoms with Crippen molar-refractivity contribution in [2.75, 3.05) is 26.0 Å². The van der Waals surface area contributed by atoms with E-state index in [1.165, 1.54) is 24.7 Å². The van der Waals surface area contributed by atoms with Crippen LogP contribution < -0.4 is 9.46 Å². The Bertz CT molecular complexity index is 966. The highest BCUT2D eigenvalue weighted by Crippen LogP contribution is 2.31. The monoisotopic (exact) mass is 443 g/mol. The Morgan fingerprint density at radius 3 is 2.45 bits per heavy atom. The molecule has 6 nitrogen and oxygen atoms in total. The average molecular weight is 444 g/mol. The van der Waals surface area contributed by atoms with Gasteiger partial charge in [-0.2, -0.15) is 0 Å². The zero-order valence-corrected chi connectivity index (χ0v) is 19.3. The van der Waals surface area contributed by atoms with Gasteiger partial charge in [-0.3, -0.25) is 4.90 Å². The largest absolute Gasteiger partial charge is 0.477 e. The molecule has 2 fully saturated rings. The lowest BCUT2D eigenvalue weighted by Crippen LogP contribution is -2.32. The predicted octanol–water partition coefficient (Wildman–Crippen LogP) is 3.86. The minimum atomic E-state index is -3.21. The fraction of sp³-hybridized carbons (Fsp3) is 0.542. The lowest BCUT2D eigenvalue weighted by Gasteiger charge is -2.31. The standard InChI is InChI=1S/C24H33N3O3S/c1-18(26-31(2,28)29)21-10-8-19(9-11-21)16-27-14-12-22(13-15-27)23-4-3-5-24(25-23)30-17-20-6-7-20/h3-5,8-11,18,20,22,26H,6-7,12-17H2,1-2H3/t18-/m1/s1. The van der Waals surface area contributed by atoms with Crippen LogP contribution in [0.5, 0.6) is 5.88 Å². The van der Waals surface area contributed by atoms with E-state index >= 15 is 0 Å². The van der Waals surface area contributed by atoms with Crippen molar-refractivity contribution in [3.8, 4) is 5.88 Å². The third-order valence-corrected chi connectivity index (χ3v) is 6.97. The van der Waals surface area contributed by atoms with Crippen molar-refractivity contribution < 1.29 is 13.2 Å². The summed E-state index contributed by atoms with van der Waals surface area (Å²) >= 11 is 0. The Kier molecular flexibility index (Phi) is 6.94. The first-order valence-electron chi connectivity index (χ1n) is 11.2. The first kappa shape index (κ1) is 22.2. The third kappa shape index (κ3) is 6.76. The number of hydrogen-bond acceptors (Lipinski definition) is 5. The minimum Gasteiger partial charge on any atom is -0.477 e. The van der Waals surface area contributed by atoms with E-state index in [-0.39, 0.29) is 6.04 Å². The van der Waals surface area contributed by atoms with Gasteiger partial charge in [-0.1, -0.05) is 30.3 Å². The van der Waals surface area contributed by atoms with Crippen LogP contribution in [0.2, 0.25) is 0 Å². The van der Waals surface area contributed by atoms with E-state index in [2.05, 4.69) is 33.9 Å². The zero-order chi connectivity index (χ0) is 21.8. The highest BCUT2D eigenvalue weighted by molar-refractivity contribution is 7.88. The van der Waals surface area contributed by atoms with Gasteiger partial charge in [0.1, 0.15) is 0 Å². The summed E-state index contributed by atoms with van der Waals surface area (Å²) in [6.07, 6.45) is 5.97. The van der Waals surface area contributed by atoms with E-state index in [0.717, 1.165) is 62.1 Å². The number of likely N-dealkylation sites (tertiary alicyclic amines) is 1. The first-order chi connectivity index (χ1) is 14.9. The van der Waals surface area contributed by atoms with Crippen molar-refractivity contribution in [3.63, 3.8) is 0 Å². The minimum absolute atomic E-state index is 0.226. The molecule has 168 valence electrons. The molecule has 0 amide bonds. The zero-order valence-electron chi connectivity index (χ0n) is 18.5. The number of ether oxygens (including phenoxy) is 1. The second kappa shape index (κ2) is 9.67. The van der Waals surface area contributed by atoms with Crippen molar-refractivity contribution in [2.24, 2.45) is 5.92 Å². The molecule has 1 aromatic carbocycles. The molecule has 2 aliphatic rings. The van der Waals surface area contributed by atoms with Gasteiger partial charge in [-0.05, 0) is 68.8 Å². The third-order valence-electron chi connectivity index (χ3n) is 6.19. The van der Waals surface area contributed by atoms with Crippen LogP contribution in [0.4, 0.5) is 0 Å². The average Bonchev–Trinajstić information content (AvgIpc) is 3.57. The number of nitrogens with zero attached hydrogens (tertiary/aromatic N) is 2. The molecule has 0 unspecified atom stereocenters. The molecule has 4 rings (SSSR count). The van der Waals surface area contributed by atoms with E-state index in [1.807, 2.05) is 25.1 Å². The molecule has 2 aromatic rings. The van der Waals surface area contributed by atoms with Gasteiger partial charge in [0.2, 0.25) is 15.9 Å². The molecular weight excluding hydrogens is 410 g/mol. The van der Waals surface area contributed by atoms with E-state index in [9.17, 15) is 8.42 Å². The van der Waals surface area contributed by atoms with Gasteiger partial charge in [0.15, 0.2) is 0 Å². The highest BCUT2D eigenvalue weighted by Gasteiger charge is 2.24. The van der Waals surface area contributed by atoms with Gasteiger partial charge < -0.3 is 4.74 Å². The molecular formula is C24H33N3O3S. The van der Waals surface area contributed by atoms with Gasteiger partial charge in [0.05, 0.1) is 12.9 Å². The normalized spacial score (nSPS) is 19.3.